The second-order valence-electron chi connectivity index (χ2n) is 14.7. The van der Waals surface area contributed by atoms with Gasteiger partial charge in [-0.05, 0) is 56.0 Å². The molecule has 2 aromatic rings. The Kier molecular flexibility index (Phi) is 9.25. The number of phenols is 2. The van der Waals surface area contributed by atoms with E-state index < -0.39 is 0 Å². The summed E-state index contributed by atoms with van der Waals surface area (Å²) in [5.74, 6) is 0.672. The van der Waals surface area contributed by atoms with Crippen LogP contribution in [0.3, 0.4) is 0 Å². The van der Waals surface area contributed by atoms with Gasteiger partial charge in [0.1, 0.15) is 11.5 Å². The molecule has 2 rings (SSSR count). The molecule has 37 heavy (non-hydrogen) atoms. The lowest BCUT2D eigenvalue weighted by Gasteiger charge is -2.33. The zero-order valence-electron chi connectivity index (χ0n) is 25.9. The van der Waals surface area contributed by atoms with Crippen molar-refractivity contribution >= 4 is 0 Å². The minimum Gasteiger partial charge on any atom is -0.508 e. The predicted molar refractivity (Wildman–Crippen MR) is 157 cm³/mol. The van der Waals surface area contributed by atoms with Gasteiger partial charge in [0.2, 0.25) is 0 Å². The van der Waals surface area contributed by atoms with Crippen LogP contribution in [0.1, 0.15) is 116 Å². The quantitative estimate of drug-likeness (QED) is 0.396. The molecule has 0 aromatic heterocycles. The van der Waals surface area contributed by atoms with Crippen molar-refractivity contribution in [1.29, 1.82) is 0 Å². The third-order valence-electron chi connectivity index (χ3n) is 7.18. The number of benzene rings is 2. The summed E-state index contributed by atoms with van der Waals surface area (Å²) >= 11 is 0. The fourth-order valence-corrected chi connectivity index (χ4v) is 4.73. The fraction of sp³-hybridized carbons (Fsp3) is 0.636. The van der Waals surface area contributed by atoms with E-state index in [-0.39, 0.29) is 21.7 Å². The Bertz CT molecular complexity index is 990. The Morgan fingerprint density at radius 3 is 1.22 bits per heavy atom. The van der Waals surface area contributed by atoms with Gasteiger partial charge in [0.15, 0.2) is 0 Å². The van der Waals surface area contributed by atoms with E-state index in [1.165, 1.54) is 0 Å². The summed E-state index contributed by atoms with van der Waals surface area (Å²) in [4.78, 5) is 2.28. The van der Waals surface area contributed by atoms with Crippen molar-refractivity contribution in [3.05, 3.63) is 57.6 Å². The van der Waals surface area contributed by atoms with Crippen molar-refractivity contribution in [3.8, 4) is 11.5 Å². The number of ether oxygens (including phenoxy) is 1. The molecule has 0 saturated carbocycles. The van der Waals surface area contributed by atoms with Crippen LogP contribution in [0.15, 0.2) is 24.3 Å². The molecular formula is C33H53NO3. The van der Waals surface area contributed by atoms with Crippen LogP contribution in [-0.2, 0) is 39.5 Å². The van der Waals surface area contributed by atoms with Crippen LogP contribution >= 0.6 is 0 Å². The maximum Gasteiger partial charge on any atom is 0.120 e. The third-order valence-corrected chi connectivity index (χ3v) is 7.18. The summed E-state index contributed by atoms with van der Waals surface area (Å²) in [6.45, 7) is 28.7. The topological polar surface area (TPSA) is 52.9 Å². The minimum atomic E-state index is -0.131. The molecule has 0 spiro atoms. The average Bonchev–Trinajstić information content (AvgIpc) is 2.70. The van der Waals surface area contributed by atoms with Gasteiger partial charge in [0.25, 0.3) is 0 Å². The summed E-state index contributed by atoms with van der Waals surface area (Å²) in [6, 6.07) is 8.38. The maximum atomic E-state index is 11.3. The van der Waals surface area contributed by atoms with Crippen LogP contribution in [0.5, 0.6) is 11.5 Å². The number of phenolic OH excluding ortho intramolecular Hbond substituents is 2. The average molecular weight is 512 g/mol. The van der Waals surface area contributed by atoms with Gasteiger partial charge >= 0.3 is 0 Å². The van der Waals surface area contributed by atoms with E-state index in [1.54, 1.807) is 7.11 Å². The molecule has 0 fully saturated rings. The summed E-state index contributed by atoms with van der Waals surface area (Å²) < 4.78 is 5.46. The van der Waals surface area contributed by atoms with Gasteiger partial charge in [0, 0.05) is 37.9 Å². The van der Waals surface area contributed by atoms with Crippen LogP contribution in [0, 0.1) is 0 Å². The highest BCUT2D eigenvalue weighted by Crippen LogP contribution is 2.40. The van der Waals surface area contributed by atoms with Gasteiger partial charge in [-0.15, -0.1) is 0 Å². The Morgan fingerprint density at radius 1 is 0.595 bits per heavy atom. The molecule has 0 amide bonds. The Balaban J connectivity index is 2.64. The van der Waals surface area contributed by atoms with E-state index in [9.17, 15) is 10.2 Å². The molecule has 2 aromatic carbocycles. The molecule has 0 aliphatic rings. The Hall–Kier alpha value is -2.04. The first-order valence-electron chi connectivity index (χ1n) is 13.6. The molecule has 0 aliphatic carbocycles. The maximum absolute atomic E-state index is 11.3. The molecule has 208 valence electrons. The molecule has 4 nitrogen and oxygen atoms in total. The summed E-state index contributed by atoms with van der Waals surface area (Å²) in [6.07, 6.45) is 0. The second kappa shape index (κ2) is 11.0. The van der Waals surface area contributed by atoms with E-state index >= 15 is 0 Å². The largest absolute Gasteiger partial charge is 0.508 e. The van der Waals surface area contributed by atoms with Crippen LogP contribution in [-0.4, -0.2) is 35.4 Å². The molecule has 0 bridgehead atoms. The monoisotopic (exact) mass is 511 g/mol. The summed E-state index contributed by atoms with van der Waals surface area (Å²) in [5.41, 5.74) is 6.08. The lowest BCUT2D eigenvalue weighted by Crippen LogP contribution is -2.30. The third kappa shape index (κ3) is 7.97. The zero-order valence-corrected chi connectivity index (χ0v) is 25.9. The number of methoxy groups -OCH3 is 1. The van der Waals surface area contributed by atoms with Gasteiger partial charge in [-0.2, -0.15) is 0 Å². The number of hydrogen-bond donors (Lipinski definition) is 2. The highest BCUT2D eigenvalue weighted by molar-refractivity contribution is 5.49. The van der Waals surface area contributed by atoms with E-state index in [1.807, 2.05) is 12.1 Å². The van der Waals surface area contributed by atoms with Crippen molar-refractivity contribution in [3.63, 3.8) is 0 Å². The predicted octanol–water partition coefficient (Wildman–Crippen LogP) is 7.94. The molecule has 0 aliphatic heterocycles. The fourth-order valence-electron chi connectivity index (χ4n) is 4.73. The van der Waals surface area contributed by atoms with Crippen molar-refractivity contribution in [1.82, 2.24) is 4.90 Å². The van der Waals surface area contributed by atoms with Gasteiger partial charge in [-0.1, -0.05) is 95.2 Å². The molecule has 0 saturated heterocycles. The van der Waals surface area contributed by atoms with Crippen molar-refractivity contribution in [2.24, 2.45) is 0 Å². The Morgan fingerprint density at radius 2 is 0.946 bits per heavy atom. The molecule has 0 heterocycles. The number of hydrogen-bond acceptors (Lipinski definition) is 4. The van der Waals surface area contributed by atoms with Gasteiger partial charge in [-0.25, -0.2) is 0 Å². The first kappa shape index (κ1) is 31.2. The van der Waals surface area contributed by atoms with E-state index in [4.69, 9.17) is 4.74 Å². The SMILES string of the molecule is COCCN(Cc1c(O)cc(C(C)(C)C)cc1C(C)(C)C)Cc1c(O)cc(C(C)(C)C)cc1C(C)(C)C. The second-order valence-corrected chi connectivity index (χ2v) is 14.7. The first-order chi connectivity index (χ1) is 16.7. The molecule has 0 atom stereocenters. The van der Waals surface area contributed by atoms with Gasteiger partial charge in [-0.3, -0.25) is 4.90 Å². The molecule has 0 unspecified atom stereocenters. The van der Waals surface area contributed by atoms with Gasteiger partial charge < -0.3 is 14.9 Å². The summed E-state index contributed by atoms with van der Waals surface area (Å²) in [7, 11) is 1.71. The lowest BCUT2D eigenvalue weighted by molar-refractivity contribution is 0.138. The van der Waals surface area contributed by atoms with Crippen LogP contribution in [0.2, 0.25) is 0 Å². The molecular weight excluding hydrogens is 458 g/mol. The van der Waals surface area contributed by atoms with Gasteiger partial charge in [0.05, 0.1) is 6.61 Å². The molecule has 0 radical (unpaired) electrons. The van der Waals surface area contributed by atoms with E-state index in [0.29, 0.717) is 37.7 Å². The Labute approximate surface area is 227 Å². The highest BCUT2D eigenvalue weighted by atomic mass is 16.5. The minimum absolute atomic E-state index is 0.0616. The van der Waals surface area contributed by atoms with E-state index in [0.717, 1.165) is 33.4 Å². The van der Waals surface area contributed by atoms with Crippen molar-refractivity contribution in [2.75, 3.05) is 20.3 Å². The normalized spacial score (nSPS) is 13.5. The standard InChI is InChI=1S/C33H53NO3/c1-30(2,3)22-16-26(32(7,8)9)24(28(35)18-22)20-34(14-15-37-13)21-25-27(33(10,11)12)17-23(19-29(25)36)31(4,5)6/h16-19,35-36H,14-15,20-21H2,1-13H3. The van der Waals surface area contributed by atoms with Crippen LogP contribution in [0.4, 0.5) is 0 Å². The smallest absolute Gasteiger partial charge is 0.120 e. The number of nitrogens with zero attached hydrogens (tertiary/aromatic N) is 1. The van der Waals surface area contributed by atoms with E-state index in [2.05, 4.69) is 100 Å². The number of aromatic hydroxyl groups is 2. The lowest BCUT2D eigenvalue weighted by atomic mass is 9.77. The first-order valence-corrected chi connectivity index (χ1v) is 13.6. The molecule has 2 N–H and O–H groups in total. The summed E-state index contributed by atoms with van der Waals surface area (Å²) in [5, 5.41) is 22.6. The van der Waals surface area contributed by atoms with Crippen molar-refractivity contribution < 1.29 is 14.9 Å². The van der Waals surface area contributed by atoms with Crippen LogP contribution in [0.25, 0.3) is 0 Å². The van der Waals surface area contributed by atoms with Crippen molar-refractivity contribution in [2.45, 2.75) is 118 Å². The zero-order chi connectivity index (χ0) is 28.6. The highest BCUT2D eigenvalue weighted by Gasteiger charge is 2.29. The molecule has 4 heteroatoms. The number of rotatable bonds is 7. The van der Waals surface area contributed by atoms with Crippen LogP contribution < -0.4 is 0 Å².